The summed E-state index contributed by atoms with van der Waals surface area (Å²) >= 11 is 0. The first-order valence-electron chi connectivity index (χ1n) is 12.8. The van der Waals surface area contributed by atoms with Crippen molar-refractivity contribution >= 4 is 21.6 Å². The molecular weight excluding hydrogens is 444 g/mol. The number of anilines is 1. The highest BCUT2D eigenvalue weighted by atomic mass is 32.2. The van der Waals surface area contributed by atoms with Crippen LogP contribution in [0.5, 0.6) is 0 Å². The predicted octanol–water partition coefficient (Wildman–Crippen LogP) is 5.73. The van der Waals surface area contributed by atoms with Gasteiger partial charge in [-0.3, -0.25) is 9.52 Å². The number of carbonyl (C=O) groups is 1. The lowest BCUT2D eigenvalue weighted by Gasteiger charge is -2.36. The predicted molar refractivity (Wildman–Crippen MR) is 138 cm³/mol. The van der Waals surface area contributed by atoms with Gasteiger partial charge in [-0.1, -0.05) is 51.3 Å². The van der Waals surface area contributed by atoms with Gasteiger partial charge in [-0.25, -0.2) is 8.42 Å². The molecule has 2 aromatic rings. The van der Waals surface area contributed by atoms with Gasteiger partial charge in [0, 0.05) is 12.2 Å². The molecule has 34 heavy (non-hydrogen) atoms. The number of carbonyl (C=O) groups excluding carboxylic acids is 1. The molecule has 0 radical (unpaired) electrons. The standard InChI is InChI=1S/C28H38N2O3S/c1-21(2)16-19-29-27(31)28(17-6-3-7-18-28)24-11-13-25(14-12-24)30-34(32,33)26-15-10-22-8-4-5-9-23(22)20-26/h10-15,20-21,30H,3-9,16-19H2,1-2H3,(H,29,31). The largest absolute Gasteiger partial charge is 0.355 e. The second-order valence-corrected chi connectivity index (χ2v) is 12.1. The molecule has 0 atom stereocenters. The zero-order valence-corrected chi connectivity index (χ0v) is 21.3. The lowest BCUT2D eigenvalue weighted by atomic mass is 9.68. The third kappa shape index (κ3) is 5.48. The summed E-state index contributed by atoms with van der Waals surface area (Å²) in [7, 11) is -3.67. The number of nitrogens with one attached hydrogen (secondary N) is 2. The van der Waals surface area contributed by atoms with Gasteiger partial charge < -0.3 is 5.32 Å². The molecule has 1 amide bonds. The summed E-state index contributed by atoms with van der Waals surface area (Å²) in [6, 6.07) is 12.9. The molecule has 4 rings (SSSR count). The van der Waals surface area contributed by atoms with E-state index in [0.717, 1.165) is 68.9 Å². The molecule has 1 saturated carbocycles. The Labute approximate surface area is 204 Å². The molecule has 6 heteroatoms. The van der Waals surface area contributed by atoms with Crippen LogP contribution in [0.4, 0.5) is 5.69 Å². The maximum absolute atomic E-state index is 13.3. The van der Waals surface area contributed by atoms with E-state index in [4.69, 9.17) is 0 Å². The third-order valence-corrected chi connectivity index (χ3v) is 8.85. The average Bonchev–Trinajstić information content (AvgIpc) is 2.84. The number of fused-ring (bicyclic) bond motifs is 1. The highest BCUT2D eigenvalue weighted by molar-refractivity contribution is 7.92. The Morgan fingerprint density at radius 3 is 2.26 bits per heavy atom. The van der Waals surface area contributed by atoms with E-state index >= 15 is 0 Å². The molecule has 0 aromatic heterocycles. The molecule has 0 saturated heterocycles. The summed E-state index contributed by atoms with van der Waals surface area (Å²) in [5.74, 6) is 0.653. The van der Waals surface area contributed by atoms with Crippen LogP contribution in [0, 0.1) is 5.92 Å². The average molecular weight is 483 g/mol. The highest BCUT2D eigenvalue weighted by Gasteiger charge is 2.40. The summed E-state index contributed by atoms with van der Waals surface area (Å²) in [4.78, 5) is 13.6. The second kappa shape index (κ2) is 10.5. The number of hydrogen-bond donors (Lipinski definition) is 2. The number of rotatable bonds is 8. The Morgan fingerprint density at radius 2 is 1.59 bits per heavy atom. The number of hydrogen-bond acceptors (Lipinski definition) is 3. The fourth-order valence-electron chi connectivity index (χ4n) is 5.39. The van der Waals surface area contributed by atoms with Crippen LogP contribution in [0.15, 0.2) is 47.4 Å². The van der Waals surface area contributed by atoms with E-state index < -0.39 is 15.4 Å². The number of benzene rings is 2. The van der Waals surface area contributed by atoms with Crippen LogP contribution in [0.1, 0.15) is 81.9 Å². The Hall–Kier alpha value is -2.34. The fourth-order valence-corrected chi connectivity index (χ4v) is 6.50. The van der Waals surface area contributed by atoms with Crippen molar-refractivity contribution in [3.05, 3.63) is 59.2 Å². The normalized spacial score (nSPS) is 17.7. The molecule has 1 fully saturated rings. The van der Waals surface area contributed by atoms with Crippen LogP contribution in [0.3, 0.4) is 0 Å². The molecule has 2 aliphatic carbocycles. The van der Waals surface area contributed by atoms with Gasteiger partial charge in [0.1, 0.15) is 0 Å². The van der Waals surface area contributed by atoms with Crippen LogP contribution >= 0.6 is 0 Å². The van der Waals surface area contributed by atoms with Gasteiger partial charge in [0.05, 0.1) is 10.3 Å². The number of sulfonamides is 1. The van der Waals surface area contributed by atoms with Crippen LogP contribution in [0.2, 0.25) is 0 Å². The van der Waals surface area contributed by atoms with E-state index in [2.05, 4.69) is 23.9 Å². The summed E-state index contributed by atoms with van der Waals surface area (Å²) in [6.45, 7) is 5.01. The van der Waals surface area contributed by atoms with E-state index in [1.165, 1.54) is 12.0 Å². The van der Waals surface area contributed by atoms with E-state index in [0.29, 0.717) is 23.0 Å². The molecular formula is C28H38N2O3S. The lowest BCUT2D eigenvalue weighted by Crippen LogP contribution is -2.46. The Kier molecular flexibility index (Phi) is 7.66. The van der Waals surface area contributed by atoms with E-state index in [9.17, 15) is 13.2 Å². The molecule has 5 nitrogen and oxygen atoms in total. The van der Waals surface area contributed by atoms with Crippen molar-refractivity contribution in [2.24, 2.45) is 5.92 Å². The van der Waals surface area contributed by atoms with Crippen molar-refractivity contribution in [3.8, 4) is 0 Å². The van der Waals surface area contributed by atoms with Gasteiger partial charge >= 0.3 is 0 Å². The van der Waals surface area contributed by atoms with Crippen molar-refractivity contribution in [2.45, 2.75) is 88.4 Å². The smallest absolute Gasteiger partial charge is 0.261 e. The minimum absolute atomic E-state index is 0.107. The Balaban J connectivity index is 1.51. The van der Waals surface area contributed by atoms with Gasteiger partial charge in [0.15, 0.2) is 0 Å². The van der Waals surface area contributed by atoms with Crippen LogP contribution in [-0.2, 0) is 33.1 Å². The van der Waals surface area contributed by atoms with Gasteiger partial charge in [-0.2, -0.15) is 0 Å². The second-order valence-electron chi connectivity index (χ2n) is 10.4. The monoisotopic (exact) mass is 482 g/mol. The molecule has 2 N–H and O–H groups in total. The topological polar surface area (TPSA) is 75.3 Å². The number of amides is 1. The minimum atomic E-state index is -3.67. The summed E-state index contributed by atoms with van der Waals surface area (Å²) < 4.78 is 28.8. The lowest BCUT2D eigenvalue weighted by molar-refractivity contribution is -0.128. The quantitative estimate of drug-likeness (QED) is 0.504. The minimum Gasteiger partial charge on any atom is -0.355 e. The first-order chi connectivity index (χ1) is 16.3. The van der Waals surface area contributed by atoms with Gasteiger partial charge in [-0.05, 0) is 91.8 Å². The SMILES string of the molecule is CC(C)CCNC(=O)C1(c2ccc(NS(=O)(=O)c3ccc4c(c3)CCCC4)cc2)CCCCC1. The van der Waals surface area contributed by atoms with Gasteiger partial charge in [-0.15, -0.1) is 0 Å². The Morgan fingerprint density at radius 1 is 0.912 bits per heavy atom. The van der Waals surface area contributed by atoms with Crippen LogP contribution in [-0.4, -0.2) is 20.9 Å². The molecule has 0 spiro atoms. The zero-order chi connectivity index (χ0) is 24.2. The molecule has 184 valence electrons. The van der Waals surface area contributed by atoms with Gasteiger partial charge in [0.2, 0.25) is 5.91 Å². The number of aryl methyl sites for hydroxylation is 2. The zero-order valence-electron chi connectivity index (χ0n) is 20.5. The van der Waals surface area contributed by atoms with E-state index in [1.807, 2.05) is 24.3 Å². The van der Waals surface area contributed by atoms with Gasteiger partial charge in [0.25, 0.3) is 10.0 Å². The fraction of sp³-hybridized carbons (Fsp3) is 0.536. The van der Waals surface area contributed by atoms with Crippen molar-refractivity contribution in [2.75, 3.05) is 11.3 Å². The molecule has 0 aliphatic heterocycles. The molecule has 0 bridgehead atoms. The molecule has 2 aromatic carbocycles. The maximum atomic E-state index is 13.3. The van der Waals surface area contributed by atoms with E-state index in [1.54, 1.807) is 18.2 Å². The van der Waals surface area contributed by atoms with Crippen LogP contribution < -0.4 is 10.0 Å². The van der Waals surface area contributed by atoms with Crippen molar-refractivity contribution in [3.63, 3.8) is 0 Å². The van der Waals surface area contributed by atoms with Crippen molar-refractivity contribution < 1.29 is 13.2 Å². The van der Waals surface area contributed by atoms with Crippen molar-refractivity contribution in [1.82, 2.24) is 5.32 Å². The maximum Gasteiger partial charge on any atom is 0.261 e. The molecule has 0 unspecified atom stereocenters. The Bertz CT molecular complexity index is 1100. The third-order valence-electron chi connectivity index (χ3n) is 7.47. The molecule has 2 aliphatic rings. The van der Waals surface area contributed by atoms with E-state index in [-0.39, 0.29) is 5.91 Å². The van der Waals surface area contributed by atoms with Crippen molar-refractivity contribution in [1.29, 1.82) is 0 Å². The first kappa shape index (κ1) is 24.8. The molecule has 0 heterocycles. The first-order valence-corrected chi connectivity index (χ1v) is 14.3. The summed E-state index contributed by atoms with van der Waals surface area (Å²) in [5.41, 5.74) is 3.38. The van der Waals surface area contributed by atoms with Crippen LogP contribution in [0.25, 0.3) is 0 Å². The summed E-state index contributed by atoms with van der Waals surface area (Å²) in [6.07, 6.45) is 10.1. The highest BCUT2D eigenvalue weighted by Crippen LogP contribution is 2.40. The summed E-state index contributed by atoms with van der Waals surface area (Å²) in [5, 5.41) is 3.17.